The molecule has 19 heavy (non-hydrogen) atoms. The number of nitrogens with zero attached hydrogens (tertiary/aromatic N) is 3. The van der Waals surface area contributed by atoms with Gasteiger partial charge in [-0.15, -0.1) is 10.2 Å². The third-order valence-electron chi connectivity index (χ3n) is 2.83. The van der Waals surface area contributed by atoms with Crippen LogP contribution in [0.5, 0.6) is 0 Å². The van der Waals surface area contributed by atoms with Crippen LogP contribution in [0.15, 0.2) is 12.3 Å². The van der Waals surface area contributed by atoms with Crippen molar-refractivity contribution >= 4 is 17.2 Å². The summed E-state index contributed by atoms with van der Waals surface area (Å²) in [4.78, 5) is 0. The minimum absolute atomic E-state index is 0.0846. The molecule has 0 aliphatic rings. The number of pyridine rings is 1. The summed E-state index contributed by atoms with van der Waals surface area (Å²) in [7, 11) is 0. The molecule has 2 aromatic rings. The van der Waals surface area contributed by atoms with Gasteiger partial charge in [0.1, 0.15) is 5.82 Å². The summed E-state index contributed by atoms with van der Waals surface area (Å²) in [6.45, 7) is 1.89. The number of fused-ring (bicyclic) bond motifs is 1. The van der Waals surface area contributed by atoms with E-state index in [1.165, 1.54) is 4.40 Å². The summed E-state index contributed by atoms with van der Waals surface area (Å²) in [6, 6.07) is 0.662. The predicted octanol–water partition coefficient (Wildman–Crippen LogP) is 2.68. The molecule has 0 aromatic carbocycles. The number of hydrogen-bond acceptors (Lipinski definition) is 3. The average Bonchev–Trinajstić information content (AvgIpc) is 2.72. The maximum atomic E-state index is 12.7. The fourth-order valence-corrected chi connectivity index (χ4v) is 1.92. The second-order valence-electron chi connectivity index (χ2n) is 4.26. The Hall–Kier alpha value is -1.34. The van der Waals surface area contributed by atoms with Gasteiger partial charge in [0.15, 0.2) is 5.65 Å². The van der Waals surface area contributed by atoms with Crippen LogP contribution in [0.3, 0.4) is 0 Å². The Morgan fingerprint density at radius 1 is 1.42 bits per heavy atom. The van der Waals surface area contributed by atoms with Crippen LogP contribution < -0.4 is 5.73 Å². The molecule has 0 amide bonds. The molecule has 2 heterocycles. The lowest BCUT2D eigenvalue weighted by Crippen LogP contribution is -2.22. The molecule has 1 unspecified atom stereocenters. The summed E-state index contributed by atoms with van der Waals surface area (Å²) in [5.74, 6) is 0.373. The summed E-state index contributed by atoms with van der Waals surface area (Å²) in [5, 5.41) is 7.55. The number of hydrogen-bond donors (Lipinski definition) is 1. The zero-order chi connectivity index (χ0) is 14.2. The molecule has 8 heteroatoms. The third kappa shape index (κ3) is 2.82. The van der Waals surface area contributed by atoms with E-state index >= 15 is 0 Å². The fourth-order valence-electron chi connectivity index (χ4n) is 1.67. The minimum Gasteiger partial charge on any atom is -0.327 e. The lowest BCUT2D eigenvalue weighted by atomic mass is 10.1. The van der Waals surface area contributed by atoms with Gasteiger partial charge in [0.05, 0.1) is 10.6 Å². The fraction of sp³-hybridized carbons (Fsp3) is 0.455. The molecular weight excluding hydrogens is 281 g/mol. The molecule has 1 atom stereocenters. The van der Waals surface area contributed by atoms with Crippen molar-refractivity contribution in [3.05, 3.63) is 28.7 Å². The van der Waals surface area contributed by atoms with Crippen LogP contribution in [0.2, 0.25) is 5.02 Å². The van der Waals surface area contributed by atoms with Crippen LogP contribution in [0.25, 0.3) is 5.65 Å². The number of rotatable bonds is 3. The van der Waals surface area contributed by atoms with Crippen molar-refractivity contribution in [1.29, 1.82) is 0 Å². The average molecular weight is 293 g/mol. The first-order valence-electron chi connectivity index (χ1n) is 5.69. The monoisotopic (exact) mass is 292 g/mol. The highest BCUT2D eigenvalue weighted by molar-refractivity contribution is 6.33. The number of alkyl halides is 3. The molecule has 104 valence electrons. The molecule has 0 aliphatic carbocycles. The topological polar surface area (TPSA) is 56.2 Å². The van der Waals surface area contributed by atoms with E-state index in [9.17, 15) is 13.2 Å². The molecular formula is C11H12ClF3N4. The van der Waals surface area contributed by atoms with Crippen molar-refractivity contribution in [2.45, 2.75) is 32.0 Å². The van der Waals surface area contributed by atoms with Crippen molar-refractivity contribution in [3.8, 4) is 0 Å². The predicted molar refractivity (Wildman–Crippen MR) is 65.0 cm³/mol. The van der Waals surface area contributed by atoms with Gasteiger partial charge < -0.3 is 5.73 Å². The van der Waals surface area contributed by atoms with E-state index < -0.39 is 11.7 Å². The van der Waals surface area contributed by atoms with E-state index in [0.29, 0.717) is 18.7 Å². The van der Waals surface area contributed by atoms with Gasteiger partial charge in [-0.05, 0) is 12.5 Å². The summed E-state index contributed by atoms with van der Waals surface area (Å²) < 4.78 is 39.4. The second kappa shape index (κ2) is 4.97. The van der Waals surface area contributed by atoms with Crippen LogP contribution in [0, 0.1) is 0 Å². The van der Waals surface area contributed by atoms with Crippen molar-refractivity contribution in [2.24, 2.45) is 5.73 Å². The first-order valence-corrected chi connectivity index (χ1v) is 6.06. The lowest BCUT2D eigenvalue weighted by Gasteiger charge is -2.10. The van der Waals surface area contributed by atoms with E-state index in [1.807, 2.05) is 6.92 Å². The van der Waals surface area contributed by atoms with Gasteiger partial charge in [0, 0.05) is 18.7 Å². The molecule has 0 aliphatic heterocycles. The number of nitrogens with two attached hydrogens (primary N) is 1. The van der Waals surface area contributed by atoms with Gasteiger partial charge in [-0.25, -0.2) is 0 Å². The molecule has 2 rings (SSSR count). The highest BCUT2D eigenvalue weighted by Crippen LogP contribution is 2.32. The Labute approximate surface area is 112 Å². The summed E-state index contributed by atoms with van der Waals surface area (Å²) in [6.07, 6.45) is -2.48. The first-order chi connectivity index (χ1) is 8.82. The van der Waals surface area contributed by atoms with Crippen LogP contribution in [0.4, 0.5) is 13.2 Å². The summed E-state index contributed by atoms with van der Waals surface area (Å²) >= 11 is 5.80. The Kier molecular flexibility index (Phi) is 3.69. The van der Waals surface area contributed by atoms with Gasteiger partial charge in [0.2, 0.25) is 0 Å². The van der Waals surface area contributed by atoms with E-state index in [0.717, 1.165) is 12.3 Å². The third-order valence-corrected chi connectivity index (χ3v) is 3.11. The molecule has 0 radical (unpaired) electrons. The highest BCUT2D eigenvalue weighted by atomic mass is 35.5. The molecule has 0 saturated carbocycles. The standard InChI is InChI=1S/C11H12ClF3N4/c1-2-7(16)4-9-17-18-10-8(12)3-6(5-19(9)10)11(13,14)15/h3,5,7H,2,4,16H2,1H3. The van der Waals surface area contributed by atoms with Crippen molar-refractivity contribution in [3.63, 3.8) is 0 Å². The smallest absolute Gasteiger partial charge is 0.327 e. The van der Waals surface area contributed by atoms with Crippen molar-refractivity contribution in [1.82, 2.24) is 14.6 Å². The quantitative estimate of drug-likeness (QED) is 0.946. The molecule has 4 nitrogen and oxygen atoms in total. The Balaban J connectivity index is 2.54. The zero-order valence-corrected chi connectivity index (χ0v) is 10.8. The Morgan fingerprint density at radius 3 is 2.68 bits per heavy atom. The molecule has 2 aromatic heterocycles. The maximum absolute atomic E-state index is 12.7. The normalized spacial score (nSPS) is 14.0. The van der Waals surface area contributed by atoms with Crippen LogP contribution >= 0.6 is 11.6 Å². The van der Waals surface area contributed by atoms with Gasteiger partial charge in [-0.3, -0.25) is 4.40 Å². The zero-order valence-electron chi connectivity index (χ0n) is 10.1. The number of halogens is 4. The molecule has 0 fully saturated rings. The molecule has 2 N–H and O–H groups in total. The molecule has 0 bridgehead atoms. The van der Waals surface area contributed by atoms with Crippen LogP contribution in [0.1, 0.15) is 24.7 Å². The summed E-state index contributed by atoms with van der Waals surface area (Å²) in [5.41, 5.74) is 5.15. The lowest BCUT2D eigenvalue weighted by molar-refractivity contribution is -0.137. The van der Waals surface area contributed by atoms with E-state index in [1.54, 1.807) is 0 Å². The van der Waals surface area contributed by atoms with Gasteiger partial charge >= 0.3 is 6.18 Å². The largest absolute Gasteiger partial charge is 0.417 e. The van der Waals surface area contributed by atoms with Crippen LogP contribution in [-0.2, 0) is 12.6 Å². The minimum atomic E-state index is -4.47. The van der Waals surface area contributed by atoms with E-state index in [4.69, 9.17) is 17.3 Å². The van der Waals surface area contributed by atoms with Gasteiger partial charge in [0.25, 0.3) is 0 Å². The molecule has 0 saturated heterocycles. The van der Waals surface area contributed by atoms with E-state index in [-0.39, 0.29) is 16.7 Å². The highest BCUT2D eigenvalue weighted by Gasteiger charge is 2.32. The van der Waals surface area contributed by atoms with Gasteiger partial charge in [-0.1, -0.05) is 18.5 Å². The Morgan fingerprint density at radius 2 is 2.11 bits per heavy atom. The first kappa shape index (κ1) is 14.1. The number of aromatic nitrogens is 3. The Bertz CT molecular complexity index is 593. The maximum Gasteiger partial charge on any atom is 0.417 e. The van der Waals surface area contributed by atoms with Crippen LogP contribution in [-0.4, -0.2) is 20.6 Å². The van der Waals surface area contributed by atoms with Gasteiger partial charge in [-0.2, -0.15) is 13.2 Å². The van der Waals surface area contributed by atoms with Crippen molar-refractivity contribution in [2.75, 3.05) is 0 Å². The van der Waals surface area contributed by atoms with Crippen molar-refractivity contribution < 1.29 is 13.2 Å². The second-order valence-corrected chi connectivity index (χ2v) is 4.66. The SMILES string of the molecule is CCC(N)Cc1nnc2c(Cl)cc(C(F)(F)F)cn12. The molecule has 0 spiro atoms. The van der Waals surface area contributed by atoms with E-state index in [2.05, 4.69) is 10.2 Å².